The van der Waals surface area contributed by atoms with Crippen molar-refractivity contribution >= 4 is 52.1 Å². The van der Waals surface area contributed by atoms with Crippen LogP contribution in [0.1, 0.15) is 36.5 Å². The highest BCUT2D eigenvalue weighted by atomic mass is 35.5. The van der Waals surface area contributed by atoms with E-state index in [0.29, 0.717) is 34.1 Å². The van der Waals surface area contributed by atoms with Crippen LogP contribution < -0.4 is 20.7 Å². The van der Waals surface area contributed by atoms with E-state index in [1.165, 1.54) is 7.11 Å². The van der Waals surface area contributed by atoms with Crippen LogP contribution in [0.15, 0.2) is 42.5 Å². The molecule has 0 heterocycles. The zero-order valence-electron chi connectivity index (χ0n) is 15.7. The summed E-state index contributed by atoms with van der Waals surface area (Å²) in [4.78, 5) is 24.2. The number of unbranched alkanes of at least 4 members (excludes halogenated alkanes) is 1. The van der Waals surface area contributed by atoms with Crippen LogP contribution in [0, 0.1) is 0 Å². The van der Waals surface area contributed by atoms with Gasteiger partial charge in [-0.1, -0.05) is 37.1 Å². The lowest BCUT2D eigenvalue weighted by atomic mass is 10.2. The van der Waals surface area contributed by atoms with Gasteiger partial charge in [-0.05, 0) is 42.9 Å². The molecule has 2 aromatic rings. The Labute approximate surface area is 174 Å². The lowest BCUT2D eigenvalue weighted by Crippen LogP contribution is -2.33. The summed E-state index contributed by atoms with van der Waals surface area (Å²) in [5, 5.41) is 8.91. The molecular formula is C20H22ClN3O3S. The van der Waals surface area contributed by atoms with Gasteiger partial charge in [0.05, 0.1) is 23.4 Å². The number of hydrogen-bond acceptors (Lipinski definition) is 4. The van der Waals surface area contributed by atoms with Gasteiger partial charge in [0.15, 0.2) is 5.11 Å². The fourth-order valence-electron chi connectivity index (χ4n) is 2.40. The molecule has 28 heavy (non-hydrogen) atoms. The molecule has 0 bridgehead atoms. The predicted molar refractivity (Wildman–Crippen MR) is 116 cm³/mol. The summed E-state index contributed by atoms with van der Waals surface area (Å²) in [6.07, 6.45) is 2.17. The highest BCUT2D eigenvalue weighted by Crippen LogP contribution is 2.29. The first-order valence-corrected chi connectivity index (χ1v) is 9.58. The molecule has 6 nitrogen and oxygen atoms in total. The summed E-state index contributed by atoms with van der Waals surface area (Å²) in [7, 11) is 1.50. The first-order valence-electron chi connectivity index (χ1n) is 8.79. The van der Waals surface area contributed by atoms with Crippen LogP contribution >= 0.6 is 23.8 Å². The maximum absolute atomic E-state index is 12.4. The van der Waals surface area contributed by atoms with Crippen LogP contribution in [0.4, 0.5) is 11.4 Å². The Morgan fingerprint density at radius 3 is 2.57 bits per heavy atom. The fourth-order valence-corrected chi connectivity index (χ4v) is 2.85. The molecule has 2 aromatic carbocycles. The van der Waals surface area contributed by atoms with Gasteiger partial charge in [-0.2, -0.15) is 0 Å². The Balaban J connectivity index is 2.05. The number of benzene rings is 2. The molecule has 0 saturated heterocycles. The van der Waals surface area contributed by atoms with E-state index in [1.54, 1.807) is 42.5 Å². The second-order valence-corrected chi connectivity index (χ2v) is 6.77. The lowest BCUT2D eigenvalue weighted by molar-refractivity contribution is -0.119. The molecule has 2 rings (SSSR count). The van der Waals surface area contributed by atoms with Crippen molar-refractivity contribution in [1.82, 2.24) is 5.32 Å². The highest BCUT2D eigenvalue weighted by Gasteiger charge is 2.13. The molecule has 0 aliphatic heterocycles. The third-order valence-corrected chi connectivity index (χ3v) is 4.37. The molecule has 0 fully saturated rings. The second kappa shape index (κ2) is 10.6. The van der Waals surface area contributed by atoms with Crippen LogP contribution in [0.25, 0.3) is 0 Å². The molecule has 148 valence electrons. The quantitative estimate of drug-likeness (QED) is 0.571. The summed E-state index contributed by atoms with van der Waals surface area (Å²) in [6.45, 7) is 2.02. The van der Waals surface area contributed by atoms with Gasteiger partial charge >= 0.3 is 0 Å². The second-order valence-electron chi connectivity index (χ2n) is 5.95. The Hall–Kier alpha value is -2.64. The minimum atomic E-state index is -0.344. The number of methoxy groups -OCH3 is 1. The molecule has 2 amide bonds. The Bertz CT molecular complexity index is 874. The smallest absolute Gasteiger partial charge is 0.257 e. The van der Waals surface area contributed by atoms with E-state index in [9.17, 15) is 9.59 Å². The zero-order chi connectivity index (χ0) is 20.5. The number of thiocarbonyl (C=S) groups is 1. The van der Waals surface area contributed by atoms with Gasteiger partial charge in [-0.15, -0.1) is 0 Å². The summed E-state index contributed by atoms with van der Waals surface area (Å²) in [6, 6.07) is 11.8. The average molecular weight is 420 g/mol. The first kappa shape index (κ1) is 21.7. The summed E-state index contributed by atoms with van der Waals surface area (Å²) < 4.78 is 5.35. The molecule has 0 aromatic heterocycles. The fraction of sp³-hybridized carbons (Fsp3) is 0.250. The number of hydrogen-bond donors (Lipinski definition) is 3. The standard InChI is InChI=1S/C20H22ClN3O3S/c1-3-4-9-18(25)24-20(28)22-13-10-11-16(17(12-13)27-2)23-19(26)14-7-5-6-8-15(14)21/h5-8,10-12H,3-4,9H2,1-2H3,(H,23,26)(H2,22,24,25,28). The maximum Gasteiger partial charge on any atom is 0.257 e. The van der Waals surface area contributed by atoms with Gasteiger partial charge in [-0.25, -0.2) is 0 Å². The van der Waals surface area contributed by atoms with Gasteiger partial charge in [0, 0.05) is 18.2 Å². The summed E-state index contributed by atoms with van der Waals surface area (Å²) in [5.74, 6) is -0.0382. The Morgan fingerprint density at radius 2 is 1.89 bits per heavy atom. The molecule has 0 unspecified atom stereocenters. The molecular weight excluding hydrogens is 398 g/mol. The molecule has 8 heteroatoms. The van der Waals surface area contributed by atoms with E-state index < -0.39 is 0 Å². The largest absolute Gasteiger partial charge is 0.494 e. The lowest BCUT2D eigenvalue weighted by Gasteiger charge is -2.14. The predicted octanol–water partition coefficient (Wildman–Crippen LogP) is 4.60. The van der Waals surface area contributed by atoms with E-state index in [1.807, 2.05) is 6.92 Å². The van der Waals surface area contributed by atoms with Gasteiger partial charge in [0.25, 0.3) is 5.91 Å². The number of rotatable bonds is 7. The highest BCUT2D eigenvalue weighted by molar-refractivity contribution is 7.80. The van der Waals surface area contributed by atoms with Crippen LogP contribution in [-0.4, -0.2) is 24.0 Å². The third kappa shape index (κ3) is 6.21. The number of halogens is 1. The van der Waals surface area contributed by atoms with Crippen molar-refractivity contribution in [3.05, 3.63) is 53.1 Å². The molecule has 3 N–H and O–H groups in total. The minimum absolute atomic E-state index is 0.130. The van der Waals surface area contributed by atoms with Gasteiger partial charge in [0.2, 0.25) is 5.91 Å². The van der Waals surface area contributed by atoms with Crippen molar-refractivity contribution in [1.29, 1.82) is 0 Å². The number of anilines is 2. The number of nitrogens with one attached hydrogen (secondary N) is 3. The van der Waals surface area contributed by atoms with Gasteiger partial charge in [0.1, 0.15) is 5.75 Å². The third-order valence-electron chi connectivity index (χ3n) is 3.84. The van der Waals surface area contributed by atoms with Crippen LogP contribution in [-0.2, 0) is 4.79 Å². The van der Waals surface area contributed by atoms with E-state index in [2.05, 4.69) is 16.0 Å². The van der Waals surface area contributed by atoms with Crippen molar-refractivity contribution in [3.8, 4) is 5.75 Å². The van der Waals surface area contributed by atoms with Crippen molar-refractivity contribution in [2.24, 2.45) is 0 Å². The molecule has 0 spiro atoms. The number of amides is 2. The van der Waals surface area contributed by atoms with Crippen LogP contribution in [0.3, 0.4) is 0 Å². The maximum atomic E-state index is 12.4. The first-order chi connectivity index (χ1) is 13.4. The van der Waals surface area contributed by atoms with E-state index >= 15 is 0 Å². The Morgan fingerprint density at radius 1 is 1.14 bits per heavy atom. The van der Waals surface area contributed by atoms with Crippen molar-refractivity contribution < 1.29 is 14.3 Å². The van der Waals surface area contributed by atoms with Crippen LogP contribution in [0.5, 0.6) is 5.75 Å². The topological polar surface area (TPSA) is 79.5 Å². The van der Waals surface area contributed by atoms with Crippen LogP contribution in [0.2, 0.25) is 5.02 Å². The number of ether oxygens (including phenoxy) is 1. The SMILES string of the molecule is CCCCC(=O)NC(=S)Nc1ccc(NC(=O)c2ccccc2Cl)c(OC)c1. The normalized spacial score (nSPS) is 10.1. The molecule has 0 atom stereocenters. The molecule has 0 aliphatic carbocycles. The van der Waals surface area contributed by atoms with E-state index in [-0.39, 0.29) is 16.9 Å². The molecule has 0 radical (unpaired) electrons. The van der Waals surface area contributed by atoms with Gasteiger partial charge < -0.3 is 20.7 Å². The van der Waals surface area contributed by atoms with Crippen molar-refractivity contribution in [2.45, 2.75) is 26.2 Å². The summed E-state index contributed by atoms with van der Waals surface area (Å²) in [5.41, 5.74) is 1.47. The van der Waals surface area contributed by atoms with E-state index in [4.69, 9.17) is 28.6 Å². The summed E-state index contributed by atoms with van der Waals surface area (Å²) >= 11 is 11.2. The number of carbonyl (C=O) groups excluding carboxylic acids is 2. The average Bonchev–Trinajstić information content (AvgIpc) is 2.67. The van der Waals surface area contributed by atoms with Crippen molar-refractivity contribution in [3.63, 3.8) is 0 Å². The number of carbonyl (C=O) groups is 2. The zero-order valence-corrected chi connectivity index (χ0v) is 17.2. The minimum Gasteiger partial charge on any atom is -0.494 e. The monoisotopic (exact) mass is 419 g/mol. The van der Waals surface area contributed by atoms with E-state index in [0.717, 1.165) is 12.8 Å². The van der Waals surface area contributed by atoms with Crippen molar-refractivity contribution in [2.75, 3.05) is 17.7 Å². The molecule has 0 aliphatic rings. The van der Waals surface area contributed by atoms with Gasteiger partial charge in [-0.3, -0.25) is 9.59 Å². The molecule has 0 saturated carbocycles. The Kier molecular flexibility index (Phi) is 8.22.